The molecule has 2 heterocycles. The van der Waals surface area contributed by atoms with Crippen LogP contribution in [-0.4, -0.2) is 73.5 Å². The minimum Gasteiger partial charge on any atom is -0.487 e. The van der Waals surface area contributed by atoms with Crippen LogP contribution in [0.1, 0.15) is 43.9 Å². The maximum atomic E-state index is 12.8. The van der Waals surface area contributed by atoms with Crippen molar-refractivity contribution in [3.05, 3.63) is 52.8 Å². The first-order chi connectivity index (χ1) is 19.8. The first kappa shape index (κ1) is 30.8. The van der Waals surface area contributed by atoms with Gasteiger partial charge in [-0.05, 0) is 71.1 Å². The van der Waals surface area contributed by atoms with Gasteiger partial charge in [0, 0.05) is 43.3 Å². The summed E-state index contributed by atoms with van der Waals surface area (Å²) in [4.78, 5) is 24.1. The van der Waals surface area contributed by atoms with Crippen molar-refractivity contribution in [2.24, 2.45) is 16.8 Å². The molecule has 2 aromatic rings. The van der Waals surface area contributed by atoms with Crippen molar-refractivity contribution in [2.45, 2.75) is 64.3 Å². The summed E-state index contributed by atoms with van der Waals surface area (Å²) < 4.78 is 12.0. The van der Waals surface area contributed by atoms with Gasteiger partial charge in [-0.25, -0.2) is 0 Å². The molecule has 1 aliphatic heterocycles. The summed E-state index contributed by atoms with van der Waals surface area (Å²) in [5, 5.41) is 17.3. The van der Waals surface area contributed by atoms with Crippen molar-refractivity contribution in [2.75, 3.05) is 39.1 Å². The smallest absolute Gasteiger partial charge is 0.220 e. The topological polar surface area (TPSA) is 112 Å². The molecule has 2 aliphatic rings. The van der Waals surface area contributed by atoms with Gasteiger partial charge >= 0.3 is 0 Å². The maximum Gasteiger partial charge on any atom is 0.220 e. The van der Waals surface area contributed by atoms with Crippen LogP contribution in [0.3, 0.4) is 0 Å². The number of halogens is 1. The number of aromatic nitrogens is 1. The van der Waals surface area contributed by atoms with Gasteiger partial charge in [0.05, 0.1) is 53.1 Å². The van der Waals surface area contributed by atoms with E-state index in [1.165, 1.54) is 0 Å². The number of pyridine rings is 1. The van der Waals surface area contributed by atoms with E-state index in [1.807, 2.05) is 52.2 Å². The van der Waals surface area contributed by atoms with E-state index in [-0.39, 0.29) is 35.9 Å². The van der Waals surface area contributed by atoms with Crippen LogP contribution in [0.2, 0.25) is 5.02 Å². The summed E-state index contributed by atoms with van der Waals surface area (Å²) in [6, 6.07) is 11.5. The SMILES string of the molecule is CCOC1CC2=NCC(C#N)C(Nc3ccc(OCc4ncccc4C)cc3Cl)C2CC1NC(=O)CCCN(C)C. The molecule has 1 aliphatic carbocycles. The number of carbonyl (C=O) groups excluding carboxylic acids is 1. The van der Waals surface area contributed by atoms with E-state index in [0.29, 0.717) is 49.8 Å². The number of ether oxygens (including phenoxy) is 2. The first-order valence-corrected chi connectivity index (χ1v) is 14.7. The predicted molar refractivity (Wildman–Crippen MR) is 161 cm³/mol. The largest absolute Gasteiger partial charge is 0.487 e. The Labute approximate surface area is 248 Å². The normalized spacial score (nSPS) is 23.7. The Hall–Kier alpha value is -3.19. The third kappa shape index (κ3) is 8.19. The van der Waals surface area contributed by atoms with E-state index >= 15 is 0 Å². The summed E-state index contributed by atoms with van der Waals surface area (Å²) >= 11 is 6.71. The Morgan fingerprint density at radius 1 is 1.29 bits per heavy atom. The number of nitriles is 1. The van der Waals surface area contributed by atoms with Gasteiger partial charge < -0.3 is 25.0 Å². The molecular formula is C31H41ClN6O3. The van der Waals surface area contributed by atoms with Crippen molar-refractivity contribution in [1.82, 2.24) is 15.2 Å². The summed E-state index contributed by atoms with van der Waals surface area (Å²) in [5.41, 5.74) is 3.71. The lowest BCUT2D eigenvalue weighted by Crippen LogP contribution is -2.56. The molecule has 9 nitrogen and oxygen atoms in total. The highest BCUT2D eigenvalue weighted by molar-refractivity contribution is 6.33. The van der Waals surface area contributed by atoms with Crippen molar-refractivity contribution < 1.29 is 14.3 Å². The van der Waals surface area contributed by atoms with Gasteiger partial charge in [-0.1, -0.05) is 17.7 Å². The molecule has 1 aromatic carbocycles. The molecule has 0 spiro atoms. The molecule has 5 atom stereocenters. The Balaban J connectivity index is 1.47. The average Bonchev–Trinajstić information content (AvgIpc) is 2.94. The van der Waals surface area contributed by atoms with Gasteiger partial charge in [0.25, 0.3) is 0 Å². The predicted octanol–water partition coefficient (Wildman–Crippen LogP) is 4.64. The molecule has 1 saturated carbocycles. The van der Waals surface area contributed by atoms with Crippen LogP contribution in [0.15, 0.2) is 41.5 Å². The number of benzene rings is 1. The second kappa shape index (κ2) is 14.6. The van der Waals surface area contributed by atoms with Gasteiger partial charge in [-0.15, -0.1) is 0 Å². The zero-order valence-electron chi connectivity index (χ0n) is 24.4. The highest BCUT2D eigenvalue weighted by Crippen LogP contribution is 2.37. The molecule has 4 rings (SSSR count). The number of hydrogen-bond donors (Lipinski definition) is 2. The van der Waals surface area contributed by atoms with E-state index < -0.39 is 0 Å². The molecule has 220 valence electrons. The Morgan fingerprint density at radius 3 is 2.83 bits per heavy atom. The molecular weight excluding hydrogens is 540 g/mol. The number of aryl methyl sites for hydroxylation is 1. The van der Waals surface area contributed by atoms with Crippen LogP contribution in [0.25, 0.3) is 0 Å². The minimum absolute atomic E-state index is 0.0265. The van der Waals surface area contributed by atoms with Crippen molar-refractivity contribution in [3.8, 4) is 11.8 Å². The number of aliphatic imine (C=N–C) groups is 1. The van der Waals surface area contributed by atoms with Crippen molar-refractivity contribution in [1.29, 1.82) is 5.26 Å². The first-order valence-electron chi connectivity index (χ1n) is 14.4. The molecule has 41 heavy (non-hydrogen) atoms. The lowest BCUT2D eigenvalue weighted by molar-refractivity contribution is -0.123. The molecule has 2 N–H and O–H groups in total. The summed E-state index contributed by atoms with van der Waals surface area (Å²) in [6.45, 7) is 6.15. The molecule has 5 unspecified atom stereocenters. The number of fused-ring (bicyclic) bond motifs is 1. The highest BCUT2D eigenvalue weighted by atomic mass is 35.5. The Kier molecular flexibility index (Phi) is 11.0. The number of rotatable bonds is 12. The molecule has 1 amide bonds. The van der Waals surface area contributed by atoms with Crippen LogP contribution < -0.4 is 15.4 Å². The van der Waals surface area contributed by atoms with Crippen LogP contribution in [-0.2, 0) is 16.1 Å². The van der Waals surface area contributed by atoms with E-state index in [9.17, 15) is 10.1 Å². The van der Waals surface area contributed by atoms with Crippen LogP contribution in [0.4, 0.5) is 5.69 Å². The van der Waals surface area contributed by atoms with Gasteiger partial charge in [0.2, 0.25) is 5.91 Å². The van der Waals surface area contributed by atoms with E-state index in [0.717, 1.165) is 35.6 Å². The number of nitrogens with zero attached hydrogens (tertiary/aromatic N) is 4. The van der Waals surface area contributed by atoms with Gasteiger partial charge in [-0.2, -0.15) is 5.26 Å². The Bertz CT molecular complexity index is 1260. The molecule has 0 saturated heterocycles. The summed E-state index contributed by atoms with van der Waals surface area (Å²) in [5.74, 6) is 0.306. The molecule has 10 heteroatoms. The lowest BCUT2D eigenvalue weighted by atomic mass is 9.72. The number of nitrogens with one attached hydrogen (secondary N) is 2. The van der Waals surface area contributed by atoms with Gasteiger partial charge in [0.1, 0.15) is 12.4 Å². The monoisotopic (exact) mass is 580 g/mol. The third-order valence-corrected chi connectivity index (χ3v) is 8.12. The fraction of sp³-hybridized carbons (Fsp3) is 0.548. The molecule has 1 fully saturated rings. The third-order valence-electron chi connectivity index (χ3n) is 7.81. The Morgan fingerprint density at radius 2 is 2.12 bits per heavy atom. The van der Waals surface area contributed by atoms with Gasteiger partial charge in [0.15, 0.2) is 0 Å². The van der Waals surface area contributed by atoms with E-state index in [2.05, 4.69) is 26.6 Å². The van der Waals surface area contributed by atoms with Gasteiger partial charge in [-0.3, -0.25) is 14.8 Å². The summed E-state index contributed by atoms with van der Waals surface area (Å²) in [7, 11) is 4.01. The maximum absolute atomic E-state index is 12.8. The van der Waals surface area contributed by atoms with Crippen molar-refractivity contribution >= 4 is 28.9 Å². The fourth-order valence-corrected chi connectivity index (χ4v) is 5.83. The number of amides is 1. The molecule has 1 aromatic heterocycles. The molecule has 0 bridgehead atoms. The number of hydrogen-bond acceptors (Lipinski definition) is 8. The average molecular weight is 581 g/mol. The number of anilines is 1. The minimum atomic E-state index is -0.331. The van der Waals surface area contributed by atoms with Crippen molar-refractivity contribution in [3.63, 3.8) is 0 Å². The lowest BCUT2D eigenvalue weighted by Gasteiger charge is -2.44. The quantitative estimate of drug-likeness (QED) is 0.376. The fourth-order valence-electron chi connectivity index (χ4n) is 5.61. The highest BCUT2D eigenvalue weighted by Gasteiger charge is 2.44. The van der Waals surface area contributed by atoms with Crippen LogP contribution >= 0.6 is 11.6 Å². The van der Waals surface area contributed by atoms with Crippen LogP contribution in [0.5, 0.6) is 5.75 Å². The second-order valence-electron chi connectivity index (χ2n) is 11.1. The zero-order chi connectivity index (χ0) is 29.4. The van der Waals surface area contributed by atoms with Crippen LogP contribution in [0, 0.1) is 30.1 Å². The molecule has 0 radical (unpaired) electrons. The second-order valence-corrected chi connectivity index (χ2v) is 11.5. The number of carbonyl (C=O) groups is 1. The zero-order valence-corrected chi connectivity index (χ0v) is 25.2. The summed E-state index contributed by atoms with van der Waals surface area (Å²) in [6.07, 6.45) is 4.14. The standard InChI is InChI=1S/C31H41ClN6O3/c1-5-40-29-16-26-23(15-27(29)36-30(39)9-7-13-38(3)4)31(21(17-33)18-35-26)37-25-11-10-22(14-24(25)32)41-19-28-20(2)8-6-12-34-28/h6,8,10-12,14,21,23,27,29,31,37H,5,7,9,13,15-16,18-19H2,1-4H3,(H,36,39). The van der Waals surface area contributed by atoms with E-state index in [1.54, 1.807) is 12.3 Å². The van der Waals surface area contributed by atoms with E-state index in [4.69, 9.17) is 26.1 Å².